The van der Waals surface area contributed by atoms with Gasteiger partial charge in [-0.2, -0.15) is 20.1 Å². The van der Waals surface area contributed by atoms with Gasteiger partial charge in [-0.05, 0) is 18.2 Å². The predicted molar refractivity (Wildman–Crippen MR) is 65.7 cm³/mol. The Bertz CT molecular complexity index is 490. The van der Waals surface area contributed by atoms with Gasteiger partial charge in [-0.15, -0.1) is 0 Å². The molecule has 8 nitrogen and oxygen atoms in total. The molecule has 2 rings (SSSR count). The molecule has 2 aromatic rings. The largest absolute Gasteiger partial charge is 0.467 e. The van der Waals surface area contributed by atoms with Crippen molar-refractivity contribution in [3.05, 3.63) is 6.33 Å². The number of aromatic amines is 1. The third-order valence-electron chi connectivity index (χ3n) is 1.89. The zero-order valence-corrected chi connectivity index (χ0v) is 10.9. The lowest BCUT2D eigenvalue weighted by atomic mass is 10.5. The molecule has 0 unspecified atom stereocenters. The molecule has 0 saturated carbocycles. The van der Waals surface area contributed by atoms with E-state index < -0.39 is 0 Å². The van der Waals surface area contributed by atoms with Crippen LogP contribution in [0.25, 0.3) is 0 Å². The first-order valence-corrected chi connectivity index (χ1v) is 6.20. The second-order valence-electron chi connectivity index (χ2n) is 3.25. The summed E-state index contributed by atoms with van der Waals surface area (Å²) in [6, 6.07) is 0.269. The summed E-state index contributed by atoms with van der Waals surface area (Å²) in [6.07, 6.45) is 2.41. The number of aromatic nitrogens is 6. The second-order valence-corrected chi connectivity index (χ2v) is 4.20. The summed E-state index contributed by atoms with van der Waals surface area (Å²) in [7, 11) is 1.52. The van der Waals surface area contributed by atoms with E-state index >= 15 is 0 Å². The highest BCUT2D eigenvalue weighted by Gasteiger charge is 2.09. The predicted octanol–water partition coefficient (Wildman–Crippen LogP) is 0.971. The molecule has 0 saturated heterocycles. The Hall–Kier alpha value is -1.90. The van der Waals surface area contributed by atoms with E-state index in [1.54, 1.807) is 0 Å². The van der Waals surface area contributed by atoms with Gasteiger partial charge in [0.1, 0.15) is 6.33 Å². The van der Waals surface area contributed by atoms with Gasteiger partial charge in [0.15, 0.2) is 5.16 Å². The van der Waals surface area contributed by atoms with Gasteiger partial charge in [-0.25, -0.2) is 4.98 Å². The number of rotatable bonds is 6. The summed E-state index contributed by atoms with van der Waals surface area (Å²) in [6.45, 7) is 2.86. The van der Waals surface area contributed by atoms with Crippen LogP contribution in [0.15, 0.2) is 16.6 Å². The fourth-order valence-electron chi connectivity index (χ4n) is 1.12. The molecule has 0 aliphatic heterocycles. The van der Waals surface area contributed by atoms with Gasteiger partial charge in [0, 0.05) is 6.54 Å². The Labute approximate surface area is 108 Å². The fourth-order valence-corrected chi connectivity index (χ4v) is 1.75. The summed E-state index contributed by atoms with van der Waals surface area (Å²) in [4.78, 5) is 16.5. The maximum absolute atomic E-state index is 5.03. The summed E-state index contributed by atoms with van der Waals surface area (Å²) >= 11 is 1.26. The molecule has 0 atom stereocenters. The SMILES string of the molecule is CCCNc1nc(OC)nc(Sc2ncn[nH]2)n1. The van der Waals surface area contributed by atoms with E-state index in [0.29, 0.717) is 16.3 Å². The molecule has 0 radical (unpaired) electrons. The molecule has 2 N–H and O–H groups in total. The highest BCUT2D eigenvalue weighted by molar-refractivity contribution is 7.99. The van der Waals surface area contributed by atoms with Gasteiger partial charge in [0.05, 0.1) is 7.11 Å². The Morgan fingerprint density at radius 2 is 2.28 bits per heavy atom. The van der Waals surface area contributed by atoms with Crippen LogP contribution in [0.5, 0.6) is 6.01 Å². The first-order valence-electron chi connectivity index (χ1n) is 5.39. The van der Waals surface area contributed by atoms with E-state index in [2.05, 4.69) is 42.4 Å². The van der Waals surface area contributed by atoms with Crippen LogP contribution in [0.3, 0.4) is 0 Å². The molecule has 2 aromatic heterocycles. The van der Waals surface area contributed by atoms with Crippen molar-refractivity contribution in [3.8, 4) is 6.01 Å². The van der Waals surface area contributed by atoms with E-state index in [9.17, 15) is 0 Å². The molecular formula is C9H13N7OS. The molecule has 0 bridgehead atoms. The minimum atomic E-state index is 0.269. The Balaban J connectivity index is 2.17. The van der Waals surface area contributed by atoms with Crippen LogP contribution in [-0.2, 0) is 0 Å². The quantitative estimate of drug-likeness (QED) is 0.798. The Morgan fingerprint density at radius 3 is 2.94 bits per heavy atom. The lowest BCUT2D eigenvalue weighted by molar-refractivity contribution is 0.373. The van der Waals surface area contributed by atoms with Crippen LogP contribution in [0.1, 0.15) is 13.3 Å². The number of nitrogens with zero attached hydrogens (tertiary/aromatic N) is 5. The average molecular weight is 267 g/mol. The van der Waals surface area contributed by atoms with Crippen LogP contribution in [0.2, 0.25) is 0 Å². The smallest absolute Gasteiger partial charge is 0.321 e. The van der Waals surface area contributed by atoms with Crippen molar-refractivity contribution in [1.82, 2.24) is 30.1 Å². The molecule has 18 heavy (non-hydrogen) atoms. The lowest BCUT2D eigenvalue weighted by Crippen LogP contribution is -2.07. The van der Waals surface area contributed by atoms with Gasteiger partial charge < -0.3 is 10.1 Å². The Morgan fingerprint density at radius 1 is 1.39 bits per heavy atom. The number of hydrogen-bond donors (Lipinski definition) is 2. The first-order chi connectivity index (χ1) is 8.81. The molecule has 9 heteroatoms. The van der Waals surface area contributed by atoms with Gasteiger partial charge >= 0.3 is 6.01 Å². The van der Waals surface area contributed by atoms with Crippen molar-refractivity contribution >= 4 is 17.7 Å². The normalized spacial score (nSPS) is 10.3. The molecule has 0 aliphatic rings. The molecular weight excluding hydrogens is 254 g/mol. The van der Waals surface area contributed by atoms with Crippen molar-refractivity contribution in [2.45, 2.75) is 23.7 Å². The third kappa shape index (κ3) is 3.29. The fraction of sp³-hybridized carbons (Fsp3) is 0.444. The number of ether oxygens (including phenoxy) is 1. The van der Waals surface area contributed by atoms with Crippen LogP contribution in [0, 0.1) is 0 Å². The lowest BCUT2D eigenvalue weighted by Gasteiger charge is -2.05. The summed E-state index contributed by atoms with van der Waals surface area (Å²) in [5, 5.41) is 10.7. The van der Waals surface area contributed by atoms with E-state index in [1.165, 1.54) is 25.2 Å². The highest BCUT2D eigenvalue weighted by atomic mass is 32.2. The monoisotopic (exact) mass is 267 g/mol. The summed E-state index contributed by atoms with van der Waals surface area (Å²) in [5.74, 6) is 0.491. The maximum Gasteiger partial charge on any atom is 0.321 e. The second kappa shape index (κ2) is 6.15. The standard InChI is InChI=1S/C9H13N7OS/c1-3-4-10-6-13-7(17-2)15-9(14-6)18-8-11-5-12-16-8/h5H,3-4H2,1-2H3,(H,11,12,16)(H,10,13,14,15). The van der Waals surface area contributed by atoms with Gasteiger partial charge in [-0.3, -0.25) is 5.10 Å². The highest BCUT2D eigenvalue weighted by Crippen LogP contribution is 2.22. The van der Waals surface area contributed by atoms with E-state index in [4.69, 9.17) is 4.74 Å². The van der Waals surface area contributed by atoms with Crippen molar-refractivity contribution in [2.75, 3.05) is 19.0 Å². The van der Waals surface area contributed by atoms with Crippen LogP contribution >= 0.6 is 11.8 Å². The third-order valence-corrected chi connectivity index (χ3v) is 2.65. The van der Waals surface area contributed by atoms with E-state index in [1.807, 2.05) is 0 Å². The van der Waals surface area contributed by atoms with Crippen LogP contribution in [-0.4, -0.2) is 43.8 Å². The maximum atomic E-state index is 5.03. The van der Waals surface area contributed by atoms with Crippen molar-refractivity contribution in [2.24, 2.45) is 0 Å². The number of methoxy groups -OCH3 is 1. The zero-order chi connectivity index (χ0) is 12.8. The van der Waals surface area contributed by atoms with E-state index in [-0.39, 0.29) is 6.01 Å². The number of H-pyrrole nitrogens is 1. The molecule has 0 aromatic carbocycles. The Kier molecular flexibility index (Phi) is 4.29. The number of anilines is 1. The minimum absolute atomic E-state index is 0.269. The minimum Gasteiger partial charge on any atom is -0.467 e. The van der Waals surface area contributed by atoms with Crippen molar-refractivity contribution in [1.29, 1.82) is 0 Å². The van der Waals surface area contributed by atoms with Gasteiger partial charge in [0.25, 0.3) is 0 Å². The average Bonchev–Trinajstić information content (AvgIpc) is 2.89. The van der Waals surface area contributed by atoms with E-state index in [0.717, 1.165) is 13.0 Å². The number of hydrogen-bond acceptors (Lipinski definition) is 8. The molecule has 96 valence electrons. The van der Waals surface area contributed by atoms with Crippen molar-refractivity contribution < 1.29 is 4.74 Å². The molecule has 0 aliphatic carbocycles. The number of nitrogens with one attached hydrogen (secondary N) is 2. The molecule has 0 fully saturated rings. The zero-order valence-electron chi connectivity index (χ0n) is 10.0. The van der Waals surface area contributed by atoms with Crippen LogP contribution in [0.4, 0.5) is 5.95 Å². The van der Waals surface area contributed by atoms with Gasteiger partial charge in [0.2, 0.25) is 11.1 Å². The van der Waals surface area contributed by atoms with Gasteiger partial charge in [-0.1, -0.05) is 6.92 Å². The summed E-state index contributed by atoms with van der Waals surface area (Å²) < 4.78 is 5.03. The van der Waals surface area contributed by atoms with Crippen molar-refractivity contribution in [3.63, 3.8) is 0 Å². The first kappa shape index (κ1) is 12.6. The molecule has 0 spiro atoms. The topological polar surface area (TPSA) is 102 Å². The molecule has 2 heterocycles. The molecule has 0 amide bonds. The van der Waals surface area contributed by atoms with Crippen LogP contribution < -0.4 is 10.1 Å². The summed E-state index contributed by atoms with van der Waals surface area (Å²) in [5.41, 5.74) is 0.